The number of aromatic amines is 1. The lowest BCUT2D eigenvalue weighted by Crippen LogP contribution is -2.17. The Labute approximate surface area is 146 Å². The monoisotopic (exact) mass is 331 g/mol. The molecule has 0 saturated heterocycles. The van der Waals surface area contributed by atoms with Crippen molar-refractivity contribution in [2.75, 3.05) is 13.7 Å². The Morgan fingerprint density at radius 2 is 1.84 bits per heavy atom. The standard InChI is InChI=1S/C21H21N3O/c1-25-20-11-10-14-6-2-3-7-16(14)17(20)12-15(13-22)21-23-18-8-4-5-9-19(18)24-21/h2-11,15H,12-13,22H2,1H3,(H,23,24). The minimum Gasteiger partial charge on any atom is -0.496 e. The first kappa shape index (κ1) is 15.7. The van der Waals surface area contributed by atoms with Crippen LogP contribution in [0.4, 0.5) is 0 Å². The summed E-state index contributed by atoms with van der Waals surface area (Å²) >= 11 is 0. The highest BCUT2D eigenvalue weighted by molar-refractivity contribution is 5.88. The molecule has 0 bridgehead atoms. The van der Waals surface area contributed by atoms with Crippen LogP contribution in [0, 0.1) is 0 Å². The van der Waals surface area contributed by atoms with Crippen LogP contribution in [0.5, 0.6) is 5.75 Å². The van der Waals surface area contributed by atoms with Crippen LogP contribution in [0.2, 0.25) is 0 Å². The Bertz CT molecular complexity index is 989. The fraction of sp³-hybridized carbons (Fsp3) is 0.190. The van der Waals surface area contributed by atoms with Gasteiger partial charge in [-0.3, -0.25) is 0 Å². The smallest absolute Gasteiger partial charge is 0.122 e. The number of rotatable bonds is 5. The summed E-state index contributed by atoms with van der Waals surface area (Å²) in [5, 5.41) is 2.41. The zero-order chi connectivity index (χ0) is 17.2. The molecule has 0 aliphatic rings. The highest BCUT2D eigenvalue weighted by atomic mass is 16.5. The van der Waals surface area contributed by atoms with Crippen molar-refractivity contribution in [1.82, 2.24) is 9.97 Å². The van der Waals surface area contributed by atoms with Crippen LogP contribution < -0.4 is 10.5 Å². The zero-order valence-electron chi connectivity index (χ0n) is 14.2. The van der Waals surface area contributed by atoms with Gasteiger partial charge >= 0.3 is 0 Å². The summed E-state index contributed by atoms with van der Waals surface area (Å²) in [6.45, 7) is 0.520. The molecule has 3 N–H and O–H groups in total. The largest absolute Gasteiger partial charge is 0.496 e. The minimum atomic E-state index is 0.104. The number of ether oxygens (including phenoxy) is 1. The van der Waals surface area contributed by atoms with E-state index in [2.05, 4.69) is 35.3 Å². The van der Waals surface area contributed by atoms with Crippen molar-refractivity contribution in [3.05, 3.63) is 72.1 Å². The van der Waals surface area contributed by atoms with Gasteiger partial charge in [0.25, 0.3) is 0 Å². The zero-order valence-corrected chi connectivity index (χ0v) is 14.2. The lowest BCUT2D eigenvalue weighted by atomic mass is 9.93. The molecule has 1 aromatic heterocycles. The van der Waals surface area contributed by atoms with Crippen LogP contribution in [0.3, 0.4) is 0 Å². The number of para-hydroxylation sites is 2. The Kier molecular flexibility index (Phi) is 4.12. The van der Waals surface area contributed by atoms with Crippen molar-refractivity contribution < 1.29 is 4.74 Å². The van der Waals surface area contributed by atoms with Crippen molar-refractivity contribution in [3.8, 4) is 5.75 Å². The molecule has 0 aliphatic heterocycles. The number of nitrogens with one attached hydrogen (secondary N) is 1. The fourth-order valence-corrected chi connectivity index (χ4v) is 3.42. The topological polar surface area (TPSA) is 63.9 Å². The van der Waals surface area contributed by atoms with Gasteiger partial charge in [0.2, 0.25) is 0 Å². The third kappa shape index (κ3) is 2.85. The van der Waals surface area contributed by atoms with Crippen LogP contribution in [0.15, 0.2) is 60.7 Å². The number of fused-ring (bicyclic) bond motifs is 2. The van der Waals surface area contributed by atoms with E-state index in [1.54, 1.807) is 7.11 Å². The van der Waals surface area contributed by atoms with E-state index in [0.29, 0.717) is 6.54 Å². The van der Waals surface area contributed by atoms with Crippen molar-refractivity contribution in [2.24, 2.45) is 5.73 Å². The predicted molar refractivity (Wildman–Crippen MR) is 102 cm³/mol. The number of hydrogen-bond donors (Lipinski definition) is 2. The second-order valence-corrected chi connectivity index (χ2v) is 6.24. The maximum Gasteiger partial charge on any atom is 0.122 e. The van der Waals surface area contributed by atoms with E-state index in [1.807, 2.05) is 30.3 Å². The number of hydrogen-bond acceptors (Lipinski definition) is 3. The van der Waals surface area contributed by atoms with Gasteiger partial charge in [-0.2, -0.15) is 0 Å². The van der Waals surface area contributed by atoms with Crippen LogP contribution in [0.25, 0.3) is 21.8 Å². The molecule has 126 valence electrons. The molecule has 0 spiro atoms. The average Bonchev–Trinajstić information content (AvgIpc) is 3.09. The Morgan fingerprint density at radius 3 is 2.64 bits per heavy atom. The summed E-state index contributed by atoms with van der Waals surface area (Å²) in [6.07, 6.45) is 0.779. The minimum absolute atomic E-state index is 0.104. The van der Waals surface area contributed by atoms with Crippen LogP contribution in [-0.4, -0.2) is 23.6 Å². The van der Waals surface area contributed by atoms with Crippen molar-refractivity contribution in [1.29, 1.82) is 0 Å². The number of H-pyrrole nitrogens is 1. The number of methoxy groups -OCH3 is 1. The van der Waals surface area contributed by atoms with Gasteiger partial charge in [-0.25, -0.2) is 4.98 Å². The summed E-state index contributed by atoms with van der Waals surface area (Å²) < 4.78 is 5.62. The van der Waals surface area contributed by atoms with Gasteiger partial charge < -0.3 is 15.5 Å². The summed E-state index contributed by atoms with van der Waals surface area (Å²) in [5.74, 6) is 1.93. The third-order valence-corrected chi connectivity index (χ3v) is 4.75. The number of nitrogens with two attached hydrogens (primary N) is 1. The number of imidazole rings is 1. The molecule has 1 unspecified atom stereocenters. The molecule has 3 aromatic carbocycles. The van der Waals surface area contributed by atoms with E-state index in [9.17, 15) is 0 Å². The van der Waals surface area contributed by atoms with Crippen molar-refractivity contribution >= 4 is 21.8 Å². The quantitative estimate of drug-likeness (QED) is 0.581. The average molecular weight is 331 g/mol. The van der Waals surface area contributed by atoms with Crippen LogP contribution in [-0.2, 0) is 6.42 Å². The SMILES string of the molecule is COc1ccc2ccccc2c1CC(CN)c1nc2ccccc2[nH]1. The van der Waals surface area contributed by atoms with Crippen LogP contribution >= 0.6 is 0 Å². The van der Waals surface area contributed by atoms with Gasteiger partial charge in [0.15, 0.2) is 0 Å². The van der Waals surface area contributed by atoms with Gasteiger partial charge in [-0.1, -0.05) is 42.5 Å². The Hall–Kier alpha value is -2.85. The van der Waals surface area contributed by atoms with E-state index in [1.165, 1.54) is 16.3 Å². The first-order chi connectivity index (χ1) is 12.3. The maximum atomic E-state index is 6.11. The van der Waals surface area contributed by atoms with Gasteiger partial charge in [-0.05, 0) is 35.4 Å². The summed E-state index contributed by atoms with van der Waals surface area (Å²) in [5.41, 5.74) is 9.30. The molecule has 0 aliphatic carbocycles. The molecule has 25 heavy (non-hydrogen) atoms. The van der Waals surface area contributed by atoms with Crippen molar-refractivity contribution in [3.63, 3.8) is 0 Å². The first-order valence-corrected chi connectivity index (χ1v) is 8.49. The Balaban J connectivity index is 1.78. The molecule has 4 aromatic rings. The normalized spacial score (nSPS) is 12.6. The lowest BCUT2D eigenvalue weighted by Gasteiger charge is -2.17. The van der Waals surface area contributed by atoms with E-state index in [0.717, 1.165) is 29.0 Å². The number of nitrogens with zero attached hydrogens (tertiary/aromatic N) is 1. The lowest BCUT2D eigenvalue weighted by molar-refractivity contribution is 0.408. The maximum absolute atomic E-state index is 6.11. The van der Waals surface area contributed by atoms with Gasteiger partial charge in [0, 0.05) is 18.0 Å². The van der Waals surface area contributed by atoms with Gasteiger partial charge in [0.1, 0.15) is 11.6 Å². The molecule has 1 atom stereocenters. The molecule has 4 heteroatoms. The highest BCUT2D eigenvalue weighted by Gasteiger charge is 2.19. The summed E-state index contributed by atoms with van der Waals surface area (Å²) in [4.78, 5) is 8.16. The molecular weight excluding hydrogens is 310 g/mol. The predicted octanol–water partition coefficient (Wildman–Crippen LogP) is 4.01. The molecule has 0 amide bonds. The molecule has 4 nitrogen and oxygen atoms in total. The Morgan fingerprint density at radius 1 is 1.04 bits per heavy atom. The van der Waals surface area contributed by atoms with Gasteiger partial charge in [-0.15, -0.1) is 0 Å². The fourth-order valence-electron chi connectivity index (χ4n) is 3.42. The van der Waals surface area contributed by atoms with Gasteiger partial charge in [0.05, 0.1) is 18.1 Å². The molecular formula is C21H21N3O. The molecule has 0 saturated carbocycles. The molecule has 4 rings (SSSR count). The highest BCUT2D eigenvalue weighted by Crippen LogP contribution is 2.32. The van der Waals surface area contributed by atoms with Crippen molar-refractivity contribution in [2.45, 2.75) is 12.3 Å². The number of benzene rings is 3. The van der Waals surface area contributed by atoms with E-state index in [4.69, 9.17) is 15.5 Å². The summed E-state index contributed by atoms with van der Waals surface area (Å²) in [7, 11) is 1.71. The molecule has 1 heterocycles. The van der Waals surface area contributed by atoms with E-state index in [-0.39, 0.29) is 5.92 Å². The second-order valence-electron chi connectivity index (χ2n) is 6.24. The molecule has 0 fully saturated rings. The molecule has 0 radical (unpaired) electrons. The third-order valence-electron chi connectivity index (χ3n) is 4.75. The first-order valence-electron chi connectivity index (χ1n) is 8.49. The second kappa shape index (κ2) is 6.57. The van der Waals surface area contributed by atoms with E-state index >= 15 is 0 Å². The summed E-state index contributed by atoms with van der Waals surface area (Å²) in [6, 6.07) is 20.6. The van der Waals surface area contributed by atoms with Crippen LogP contribution in [0.1, 0.15) is 17.3 Å². The van der Waals surface area contributed by atoms with E-state index < -0.39 is 0 Å². The number of aromatic nitrogens is 2.